The Hall–Kier alpha value is -2.60. The molecule has 30 heavy (non-hydrogen) atoms. The molecule has 0 bridgehead atoms. The van der Waals surface area contributed by atoms with Crippen LogP contribution in [0.25, 0.3) is 0 Å². The number of urea groups is 1. The van der Waals surface area contributed by atoms with E-state index in [1.165, 1.54) is 31.2 Å². The molecule has 2 N–H and O–H groups in total. The second kappa shape index (κ2) is 10.4. The summed E-state index contributed by atoms with van der Waals surface area (Å²) in [6.07, 6.45) is 7.96. The van der Waals surface area contributed by atoms with Gasteiger partial charge in [0.25, 0.3) is 0 Å². The van der Waals surface area contributed by atoms with Crippen molar-refractivity contribution in [2.45, 2.75) is 51.2 Å². The fourth-order valence-electron chi connectivity index (χ4n) is 4.43. The molecule has 6 heteroatoms. The third kappa shape index (κ3) is 5.72. The summed E-state index contributed by atoms with van der Waals surface area (Å²) in [6, 6.07) is 15.0. The maximum absolute atomic E-state index is 12.3. The summed E-state index contributed by atoms with van der Waals surface area (Å²) in [6.45, 7) is 5.41. The summed E-state index contributed by atoms with van der Waals surface area (Å²) < 4.78 is 0. The summed E-state index contributed by atoms with van der Waals surface area (Å²) >= 11 is 0. The fourth-order valence-corrected chi connectivity index (χ4v) is 4.43. The molecule has 3 heterocycles. The second-order valence-corrected chi connectivity index (χ2v) is 8.39. The second-order valence-electron chi connectivity index (χ2n) is 8.39. The van der Waals surface area contributed by atoms with Gasteiger partial charge in [-0.05, 0) is 49.4 Å². The number of anilines is 1. The number of aromatic nitrogens is 1. The van der Waals surface area contributed by atoms with Crippen LogP contribution in [0, 0.1) is 0 Å². The number of nitrogens with zero attached hydrogens (tertiary/aromatic N) is 3. The van der Waals surface area contributed by atoms with Crippen LogP contribution in [0.5, 0.6) is 0 Å². The van der Waals surface area contributed by atoms with E-state index in [9.17, 15) is 4.79 Å². The van der Waals surface area contributed by atoms with Gasteiger partial charge in [-0.2, -0.15) is 0 Å². The van der Waals surface area contributed by atoms with Gasteiger partial charge in [0.05, 0.1) is 0 Å². The van der Waals surface area contributed by atoms with E-state index in [0.717, 1.165) is 44.0 Å². The highest BCUT2D eigenvalue weighted by Crippen LogP contribution is 2.19. The minimum absolute atomic E-state index is 0.108. The molecule has 1 atom stereocenters. The zero-order valence-corrected chi connectivity index (χ0v) is 17.7. The molecule has 2 amide bonds. The minimum Gasteiger partial charge on any atom is -0.357 e. The first-order chi connectivity index (χ1) is 14.8. The molecule has 0 radical (unpaired) electrons. The van der Waals surface area contributed by atoms with Crippen molar-refractivity contribution in [3.63, 3.8) is 0 Å². The van der Waals surface area contributed by atoms with Crippen LogP contribution in [-0.2, 0) is 13.1 Å². The van der Waals surface area contributed by atoms with Crippen LogP contribution in [0.3, 0.4) is 0 Å². The van der Waals surface area contributed by atoms with Crippen molar-refractivity contribution in [2.24, 2.45) is 0 Å². The minimum atomic E-state index is -0.108. The lowest BCUT2D eigenvalue weighted by Crippen LogP contribution is -2.48. The summed E-state index contributed by atoms with van der Waals surface area (Å²) in [4.78, 5) is 21.7. The van der Waals surface area contributed by atoms with Crippen molar-refractivity contribution in [3.8, 4) is 0 Å². The number of likely N-dealkylation sites (tertiary alicyclic amines) is 1. The zero-order chi connectivity index (χ0) is 20.6. The number of amides is 2. The lowest BCUT2D eigenvalue weighted by Gasteiger charge is -2.35. The molecule has 2 aromatic rings. The SMILES string of the molecule is O=C(NCc1ccc(N2CCCC2)nc1)NCC1CCCCN1Cc1ccccc1. The molecular formula is C24H33N5O. The van der Waals surface area contributed by atoms with Crippen LogP contribution in [-0.4, -0.2) is 48.1 Å². The van der Waals surface area contributed by atoms with E-state index in [4.69, 9.17) is 0 Å². The summed E-state index contributed by atoms with van der Waals surface area (Å²) in [5, 5.41) is 6.04. The molecule has 1 aromatic heterocycles. The topological polar surface area (TPSA) is 60.5 Å². The van der Waals surface area contributed by atoms with Gasteiger partial charge in [0, 0.05) is 45.0 Å². The number of pyridine rings is 1. The highest BCUT2D eigenvalue weighted by atomic mass is 16.2. The van der Waals surface area contributed by atoms with E-state index >= 15 is 0 Å². The number of hydrogen-bond donors (Lipinski definition) is 2. The smallest absolute Gasteiger partial charge is 0.315 e. The highest BCUT2D eigenvalue weighted by Gasteiger charge is 2.22. The van der Waals surface area contributed by atoms with Crippen LogP contribution in [0.4, 0.5) is 10.6 Å². The highest BCUT2D eigenvalue weighted by molar-refractivity contribution is 5.73. The maximum atomic E-state index is 12.3. The van der Waals surface area contributed by atoms with E-state index in [1.807, 2.05) is 6.20 Å². The van der Waals surface area contributed by atoms with Gasteiger partial charge < -0.3 is 15.5 Å². The molecule has 2 aliphatic rings. The Bertz CT molecular complexity index is 789. The van der Waals surface area contributed by atoms with Gasteiger partial charge in [-0.15, -0.1) is 0 Å². The standard InChI is InChI=1S/C24H33N5O/c30-24(26-17-21-11-12-23(25-16-21)28-13-6-7-14-28)27-18-22-10-4-5-15-29(22)19-20-8-2-1-3-9-20/h1-3,8-9,11-12,16,22H,4-7,10,13-15,17-19H2,(H2,26,27,30). The predicted octanol–water partition coefficient (Wildman–Crippen LogP) is 3.54. The average molecular weight is 408 g/mol. The Labute approximate surface area is 179 Å². The summed E-state index contributed by atoms with van der Waals surface area (Å²) in [7, 11) is 0. The first kappa shape index (κ1) is 20.7. The van der Waals surface area contributed by atoms with Crippen LogP contribution < -0.4 is 15.5 Å². The van der Waals surface area contributed by atoms with E-state index < -0.39 is 0 Å². The van der Waals surface area contributed by atoms with Crippen molar-refractivity contribution in [2.75, 3.05) is 31.1 Å². The Morgan fingerprint density at radius 2 is 1.73 bits per heavy atom. The summed E-state index contributed by atoms with van der Waals surface area (Å²) in [5.41, 5.74) is 2.36. The molecule has 0 saturated carbocycles. The van der Waals surface area contributed by atoms with Gasteiger partial charge in [-0.3, -0.25) is 4.90 Å². The third-order valence-electron chi connectivity index (χ3n) is 6.17. The molecule has 0 spiro atoms. The number of carbonyl (C=O) groups is 1. The van der Waals surface area contributed by atoms with E-state index in [1.54, 1.807) is 0 Å². The Kier molecular flexibility index (Phi) is 7.19. The molecule has 1 aromatic carbocycles. The molecular weight excluding hydrogens is 374 g/mol. The van der Waals surface area contributed by atoms with Crippen LogP contribution >= 0.6 is 0 Å². The normalized spacial score (nSPS) is 19.6. The van der Waals surface area contributed by atoms with Crippen molar-refractivity contribution < 1.29 is 4.79 Å². The molecule has 160 valence electrons. The molecule has 6 nitrogen and oxygen atoms in total. The lowest BCUT2D eigenvalue weighted by molar-refractivity contribution is 0.138. The average Bonchev–Trinajstić information content (AvgIpc) is 3.33. The monoisotopic (exact) mass is 407 g/mol. The Morgan fingerprint density at radius 1 is 0.933 bits per heavy atom. The number of carbonyl (C=O) groups excluding carboxylic acids is 1. The lowest BCUT2D eigenvalue weighted by atomic mass is 10.0. The van der Waals surface area contributed by atoms with Gasteiger partial charge in [-0.1, -0.05) is 42.8 Å². The molecule has 2 fully saturated rings. The number of piperidine rings is 1. The van der Waals surface area contributed by atoms with E-state index in [2.05, 4.69) is 67.9 Å². The third-order valence-corrected chi connectivity index (χ3v) is 6.17. The molecule has 2 aliphatic heterocycles. The maximum Gasteiger partial charge on any atom is 0.315 e. The summed E-state index contributed by atoms with van der Waals surface area (Å²) in [5.74, 6) is 1.04. The first-order valence-corrected chi connectivity index (χ1v) is 11.3. The first-order valence-electron chi connectivity index (χ1n) is 11.3. The number of rotatable bonds is 7. The predicted molar refractivity (Wildman–Crippen MR) is 120 cm³/mol. The van der Waals surface area contributed by atoms with Crippen molar-refractivity contribution >= 4 is 11.8 Å². The van der Waals surface area contributed by atoms with Gasteiger partial charge >= 0.3 is 6.03 Å². The molecule has 2 saturated heterocycles. The van der Waals surface area contributed by atoms with Crippen LogP contribution in [0.2, 0.25) is 0 Å². The zero-order valence-electron chi connectivity index (χ0n) is 17.7. The molecule has 0 aliphatic carbocycles. The van der Waals surface area contributed by atoms with Crippen molar-refractivity contribution in [1.29, 1.82) is 0 Å². The van der Waals surface area contributed by atoms with Gasteiger partial charge in [0.2, 0.25) is 0 Å². The van der Waals surface area contributed by atoms with Gasteiger partial charge in [0.15, 0.2) is 0 Å². The van der Waals surface area contributed by atoms with Crippen LogP contribution in [0.15, 0.2) is 48.7 Å². The molecule has 4 rings (SSSR count). The van der Waals surface area contributed by atoms with E-state index in [-0.39, 0.29) is 6.03 Å². The van der Waals surface area contributed by atoms with E-state index in [0.29, 0.717) is 19.1 Å². The Morgan fingerprint density at radius 3 is 2.50 bits per heavy atom. The quantitative estimate of drug-likeness (QED) is 0.737. The van der Waals surface area contributed by atoms with Gasteiger partial charge in [-0.25, -0.2) is 9.78 Å². The number of benzene rings is 1. The largest absolute Gasteiger partial charge is 0.357 e. The number of hydrogen-bond acceptors (Lipinski definition) is 4. The van der Waals surface area contributed by atoms with Crippen molar-refractivity contribution in [1.82, 2.24) is 20.5 Å². The van der Waals surface area contributed by atoms with Crippen LogP contribution in [0.1, 0.15) is 43.2 Å². The Balaban J connectivity index is 1.21. The fraction of sp³-hybridized carbons (Fsp3) is 0.500. The van der Waals surface area contributed by atoms with Crippen molar-refractivity contribution in [3.05, 3.63) is 59.8 Å². The van der Waals surface area contributed by atoms with Gasteiger partial charge in [0.1, 0.15) is 5.82 Å². The number of nitrogens with one attached hydrogen (secondary N) is 2. The molecule has 1 unspecified atom stereocenters.